The Hall–Kier alpha value is -4.50. The monoisotopic (exact) mass is 485 g/mol. The molecule has 0 radical (unpaired) electrons. The van der Waals surface area contributed by atoms with Gasteiger partial charge in [-0.1, -0.05) is 6.07 Å². The first-order valence-electron chi connectivity index (χ1n) is 11.2. The second-order valence-electron chi connectivity index (χ2n) is 8.96. The summed E-state index contributed by atoms with van der Waals surface area (Å²) >= 11 is 0. The molecule has 0 fully saturated rings. The molecular weight excluding hydrogens is 458 g/mol. The largest absolute Gasteiger partial charge is 0.465 e. The van der Waals surface area contributed by atoms with Crippen LogP contribution >= 0.6 is 0 Å². The van der Waals surface area contributed by atoms with Crippen LogP contribution in [0.4, 0.5) is 17.1 Å². The van der Waals surface area contributed by atoms with Crippen LogP contribution in [0.15, 0.2) is 67.0 Å². The summed E-state index contributed by atoms with van der Waals surface area (Å²) in [5, 5.41) is 6.17. The molecule has 0 atom stereocenters. The molecule has 36 heavy (non-hydrogen) atoms. The van der Waals surface area contributed by atoms with E-state index in [2.05, 4.69) is 15.6 Å². The lowest BCUT2D eigenvalue weighted by atomic mass is 9.99. The van der Waals surface area contributed by atoms with Crippen molar-refractivity contribution in [2.24, 2.45) is 5.73 Å². The van der Waals surface area contributed by atoms with Gasteiger partial charge in [0.05, 0.1) is 35.2 Å². The number of amides is 2. The van der Waals surface area contributed by atoms with Crippen LogP contribution in [-0.4, -0.2) is 42.5 Å². The first-order valence-corrected chi connectivity index (χ1v) is 11.2. The van der Waals surface area contributed by atoms with Crippen LogP contribution in [0.25, 0.3) is 11.3 Å². The fraction of sp³-hybridized carbons (Fsp3) is 0.185. The van der Waals surface area contributed by atoms with E-state index in [1.807, 2.05) is 18.2 Å². The van der Waals surface area contributed by atoms with Crippen molar-refractivity contribution in [1.29, 1.82) is 0 Å². The number of anilines is 3. The van der Waals surface area contributed by atoms with Gasteiger partial charge >= 0.3 is 5.97 Å². The molecule has 4 rings (SSSR count). The van der Waals surface area contributed by atoms with Crippen LogP contribution < -0.4 is 21.3 Å². The number of nitrogens with one attached hydrogen (secondary N) is 2. The topological polar surface area (TPSA) is 127 Å². The summed E-state index contributed by atoms with van der Waals surface area (Å²) in [6.45, 7) is 3.32. The van der Waals surface area contributed by atoms with E-state index in [0.29, 0.717) is 45.0 Å². The third-order valence-corrected chi connectivity index (χ3v) is 5.77. The average Bonchev–Trinajstić information content (AvgIpc) is 3.20. The summed E-state index contributed by atoms with van der Waals surface area (Å²) in [4.78, 5) is 43.3. The van der Waals surface area contributed by atoms with Crippen molar-refractivity contribution < 1.29 is 19.1 Å². The molecule has 1 aromatic heterocycles. The van der Waals surface area contributed by atoms with Gasteiger partial charge in [0.25, 0.3) is 5.91 Å². The van der Waals surface area contributed by atoms with Gasteiger partial charge in [-0.3, -0.25) is 14.6 Å². The number of carbonyl (C=O) groups is 3. The van der Waals surface area contributed by atoms with Crippen molar-refractivity contribution in [1.82, 2.24) is 4.98 Å². The number of hydrogen-bond acceptors (Lipinski definition) is 7. The zero-order chi connectivity index (χ0) is 26.0. The van der Waals surface area contributed by atoms with E-state index in [4.69, 9.17) is 10.5 Å². The number of benzene rings is 2. The molecule has 9 heteroatoms. The van der Waals surface area contributed by atoms with Gasteiger partial charge in [-0.05, 0) is 62.4 Å². The van der Waals surface area contributed by atoms with Gasteiger partial charge in [-0.25, -0.2) is 4.79 Å². The molecule has 4 N–H and O–H groups in total. The Kier molecular flexibility index (Phi) is 6.59. The second kappa shape index (κ2) is 9.63. The lowest BCUT2D eigenvalue weighted by Crippen LogP contribution is -2.49. The van der Waals surface area contributed by atoms with E-state index in [1.54, 1.807) is 69.7 Å². The van der Waals surface area contributed by atoms with E-state index in [0.717, 1.165) is 0 Å². The van der Waals surface area contributed by atoms with E-state index in [1.165, 1.54) is 12.0 Å². The molecule has 3 aromatic rings. The summed E-state index contributed by atoms with van der Waals surface area (Å²) in [7, 11) is 2.98. The van der Waals surface area contributed by atoms with Crippen LogP contribution in [0.1, 0.15) is 35.3 Å². The third-order valence-electron chi connectivity index (χ3n) is 5.77. The van der Waals surface area contributed by atoms with Gasteiger partial charge in [0.2, 0.25) is 5.91 Å². The molecule has 0 aliphatic carbocycles. The molecule has 0 saturated carbocycles. The van der Waals surface area contributed by atoms with Crippen LogP contribution in [0.2, 0.25) is 0 Å². The Labute approximate surface area is 209 Å². The maximum atomic E-state index is 13.1. The van der Waals surface area contributed by atoms with Gasteiger partial charge in [0, 0.05) is 41.9 Å². The van der Waals surface area contributed by atoms with Crippen molar-refractivity contribution in [2.45, 2.75) is 19.4 Å². The zero-order valence-corrected chi connectivity index (χ0v) is 20.5. The number of pyridine rings is 1. The minimum Gasteiger partial charge on any atom is -0.465 e. The quantitative estimate of drug-likeness (QED) is 0.360. The number of hydrogen-bond donors (Lipinski definition) is 3. The number of nitrogens with two attached hydrogens (primary N) is 1. The number of rotatable bonds is 6. The number of ether oxygens (including phenoxy) is 1. The van der Waals surface area contributed by atoms with Gasteiger partial charge in [-0.15, -0.1) is 0 Å². The van der Waals surface area contributed by atoms with E-state index in [-0.39, 0.29) is 11.8 Å². The molecule has 2 amide bonds. The fourth-order valence-electron chi connectivity index (χ4n) is 3.92. The minimum atomic E-state index is -0.999. The predicted octanol–water partition coefficient (Wildman–Crippen LogP) is 3.50. The Balaban J connectivity index is 1.74. The number of nitrogens with zero attached hydrogens (tertiary/aromatic N) is 2. The van der Waals surface area contributed by atoms with E-state index < -0.39 is 11.5 Å². The Morgan fingerprint density at radius 2 is 1.81 bits per heavy atom. The second-order valence-corrected chi connectivity index (χ2v) is 8.96. The molecule has 0 unspecified atom stereocenters. The van der Waals surface area contributed by atoms with Crippen LogP contribution in [0, 0.1) is 0 Å². The number of methoxy groups -OCH3 is 1. The Bertz CT molecular complexity index is 1360. The molecule has 0 bridgehead atoms. The molecule has 0 spiro atoms. The van der Waals surface area contributed by atoms with Gasteiger partial charge in [-0.2, -0.15) is 0 Å². The standard InChI is InChI=1S/C27H27N5O4/c1-27(2,28)26(35)32(3)19-10-8-18(9-11-19)30-23(17-6-5-13-29-15-17)22-20-12-7-16(25(34)36-4)14-21(20)31-24(22)33/h5-15,30H,28H2,1-4H3,(H,31,33)/b23-22-. The average molecular weight is 486 g/mol. The third kappa shape index (κ3) is 4.82. The van der Waals surface area contributed by atoms with Crippen LogP contribution in [-0.2, 0) is 14.3 Å². The maximum absolute atomic E-state index is 13.1. The van der Waals surface area contributed by atoms with Gasteiger partial charge in [0.15, 0.2) is 0 Å². The van der Waals surface area contributed by atoms with E-state index in [9.17, 15) is 14.4 Å². The summed E-state index contributed by atoms with van der Waals surface area (Å²) in [6.07, 6.45) is 3.31. The fourth-order valence-corrected chi connectivity index (χ4v) is 3.92. The number of fused-ring (bicyclic) bond motifs is 1. The normalized spacial score (nSPS) is 14.0. The summed E-state index contributed by atoms with van der Waals surface area (Å²) in [5.74, 6) is -1.02. The summed E-state index contributed by atoms with van der Waals surface area (Å²) in [5.41, 5.74) is 9.49. The first-order chi connectivity index (χ1) is 17.1. The molecule has 2 aromatic carbocycles. The lowest BCUT2D eigenvalue weighted by molar-refractivity contribution is -0.122. The molecule has 0 saturated heterocycles. The SMILES string of the molecule is COC(=O)c1ccc2c(c1)NC(=O)/C2=C(\Nc1ccc(N(C)C(=O)C(C)(C)N)cc1)c1cccnc1. The molecule has 9 nitrogen and oxygen atoms in total. The number of aromatic nitrogens is 1. The molecule has 2 heterocycles. The number of carbonyl (C=O) groups excluding carboxylic acids is 3. The lowest BCUT2D eigenvalue weighted by Gasteiger charge is -2.26. The number of likely N-dealkylation sites (N-methyl/N-ethyl adjacent to an activating group) is 1. The highest BCUT2D eigenvalue weighted by Crippen LogP contribution is 2.38. The highest BCUT2D eigenvalue weighted by molar-refractivity contribution is 6.37. The van der Waals surface area contributed by atoms with Crippen molar-refractivity contribution >= 4 is 46.1 Å². The Morgan fingerprint density at radius 1 is 1.08 bits per heavy atom. The van der Waals surface area contributed by atoms with Crippen molar-refractivity contribution in [3.05, 3.63) is 83.7 Å². The highest BCUT2D eigenvalue weighted by Gasteiger charge is 2.30. The molecular formula is C27H27N5O4. The molecule has 184 valence electrons. The first kappa shape index (κ1) is 24.6. The smallest absolute Gasteiger partial charge is 0.337 e. The number of esters is 1. The molecule has 1 aliphatic rings. The maximum Gasteiger partial charge on any atom is 0.337 e. The minimum absolute atomic E-state index is 0.216. The predicted molar refractivity (Wildman–Crippen MR) is 139 cm³/mol. The summed E-state index contributed by atoms with van der Waals surface area (Å²) < 4.78 is 4.79. The van der Waals surface area contributed by atoms with E-state index >= 15 is 0 Å². The molecule has 1 aliphatic heterocycles. The van der Waals surface area contributed by atoms with Crippen LogP contribution in [0.5, 0.6) is 0 Å². The van der Waals surface area contributed by atoms with Crippen molar-refractivity contribution in [3.8, 4) is 0 Å². The van der Waals surface area contributed by atoms with Gasteiger partial charge < -0.3 is 26.0 Å². The summed E-state index contributed by atoms with van der Waals surface area (Å²) in [6, 6.07) is 15.8. The van der Waals surface area contributed by atoms with Crippen molar-refractivity contribution in [3.63, 3.8) is 0 Å². The van der Waals surface area contributed by atoms with Crippen LogP contribution in [0.3, 0.4) is 0 Å². The van der Waals surface area contributed by atoms with Crippen molar-refractivity contribution in [2.75, 3.05) is 29.7 Å². The Morgan fingerprint density at radius 3 is 2.42 bits per heavy atom. The highest BCUT2D eigenvalue weighted by atomic mass is 16.5. The zero-order valence-electron chi connectivity index (χ0n) is 20.5. The van der Waals surface area contributed by atoms with Gasteiger partial charge in [0.1, 0.15) is 0 Å².